The number of ether oxygens (including phenoxy) is 2. The highest BCUT2D eigenvalue weighted by Crippen LogP contribution is 2.40. The van der Waals surface area contributed by atoms with Gasteiger partial charge in [-0.2, -0.15) is 0 Å². The van der Waals surface area contributed by atoms with E-state index in [1.165, 1.54) is 6.92 Å². The van der Waals surface area contributed by atoms with Gasteiger partial charge in [-0.1, -0.05) is 73.2 Å². The van der Waals surface area contributed by atoms with Crippen LogP contribution in [-0.4, -0.2) is 72.2 Å². The fraction of sp³-hybridized carbons (Fsp3) is 0.475. The van der Waals surface area contributed by atoms with E-state index in [-0.39, 0.29) is 36.5 Å². The number of hydrogen-bond donors (Lipinski definition) is 4. The number of nitrogens with one attached hydrogen (secondary N) is 3. The highest BCUT2D eigenvalue weighted by molar-refractivity contribution is 5.93. The number of piperidine rings is 1. The van der Waals surface area contributed by atoms with Gasteiger partial charge in [-0.25, -0.2) is 0 Å². The van der Waals surface area contributed by atoms with Crippen molar-refractivity contribution in [2.75, 3.05) is 37.7 Å². The molecular weight excluding hydrogens is 646 g/mol. The van der Waals surface area contributed by atoms with Gasteiger partial charge in [-0.15, -0.1) is 0 Å². The Kier molecular flexibility index (Phi) is 12.4. The number of anilines is 1. The second-order valence-electron chi connectivity index (χ2n) is 13.9. The molecule has 272 valence electrons. The molecule has 3 saturated heterocycles. The lowest BCUT2D eigenvalue weighted by atomic mass is 9.85. The molecule has 3 atom stereocenters. The summed E-state index contributed by atoms with van der Waals surface area (Å²) in [5.74, 6) is 0.0929. The number of aliphatic hydroxyl groups is 1. The molecule has 0 bridgehead atoms. The predicted octanol–water partition coefficient (Wildman–Crippen LogP) is 4.47. The summed E-state index contributed by atoms with van der Waals surface area (Å²) >= 11 is 0. The molecule has 3 aliphatic rings. The molecule has 3 aromatic carbocycles. The smallest absolute Gasteiger partial charge is 0.247 e. The Balaban J connectivity index is 1.06. The number of para-hydroxylation sites is 1. The molecule has 11 nitrogen and oxygen atoms in total. The van der Waals surface area contributed by atoms with Crippen LogP contribution in [-0.2, 0) is 37.0 Å². The van der Waals surface area contributed by atoms with E-state index in [4.69, 9.17) is 9.47 Å². The van der Waals surface area contributed by atoms with Crippen LogP contribution in [0.1, 0.15) is 86.5 Å². The maximum atomic E-state index is 13.2. The van der Waals surface area contributed by atoms with Gasteiger partial charge in [0.1, 0.15) is 5.54 Å². The summed E-state index contributed by atoms with van der Waals surface area (Å²) in [4.78, 5) is 41.2. The lowest BCUT2D eigenvalue weighted by molar-refractivity contribution is -0.253. The lowest BCUT2D eigenvalue weighted by Gasteiger charge is -2.45. The van der Waals surface area contributed by atoms with Gasteiger partial charge in [0.25, 0.3) is 0 Å². The van der Waals surface area contributed by atoms with E-state index >= 15 is 0 Å². The molecule has 0 aromatic heterocycles. The van der Waals surface area contributed by atoms with Crippen LogP contribution in [0.15, 0.2) is 78.9 Å². The van der Waals surface area contributed by atoms with Gasteiger partial charge in [-0.05, 0) is 54.5 Å². The number of carbonyl (C=O) groups is 3. The van der Waals surface area contributed by atoms with E-state index < -0.39 is 11.8 Å². The quantitative estimate of drug-likeness (QED) is 0.182. The maximum absolute atomic E-state index is 13.2. The molecule has 3 aliphatic heterocycles. The number of carbonyl (C=O) groups excluding carboxylic acids is 3. The second-order valence-corrected chi connectivity index (χ2v) is 13.9. The summed E-state index contributed by atoms with van der Waals surface area (Å²) in [6.07, 6.45) is 4.30. The van der Waals surface area contributed by atoms with Crippen LogP contribution in [0.2, 0.25) is 0 Å². The van der Waals surface area contributed by atoms with Crippen LogP contribution in [0, 0.1) is 0 Å². The van der Waals surface area contributed by atoms with Crippen LogP contribution in [0.25, 0.3) is 0 Å². The molecule has 1 spiro atoms. The fourth-order valence-electron chi connectivity index (χ4n) is 7.39. The van der Waals surface area contributed by atoms with Crippen molar-refractivity contribution in [2.45, 2.75) is 89.1 Å². The summed E-state index contributed by atoms with van der Waals surface area (Å²) in [5.41, 5.74) is 4.32. The second kappa shape index (κ2) is 17.3. The van der Waals surface area contributed by atoms with Crippen molar-refractivity contribution in [3.63, 3.8) is 0 Å². The normalized spacial score (nSPS) is 21.7. The Morgan fingerprint density at radius 3 is 2.29 bits per heavy atom. The van der Waals surface area contributed by atoms with Crippen LogP contribution in [0.5, 0.6) is 0 Å². The van der Waals surface area contributed by atoms with Gasteiger partial charge in [0, 0.05) is 63.7 Å². The number of unbranched alkanes of at least 4 members (excludes halogenated alkanes) is 2. The van der Waals surface area contributed by atoms with E-state index in [9.17, 15) is 19.5 Å². The first-order valence-electron chi connectivity index (χ1n) is 18.3. The van der Waals surface area contributed by atoms with Crippen LogP contribution < -0.4 is 20.9 Å². The van der Waals surface area contributed by atoms with Gasteiger partial charge in [-0.3, -0.25) is 14.4 Å². The first kappa shape index (κ1) is 36.5. The number of benzene rings is 3. The molecule has 11 heteroatoms. The Hall–Kier alpha value is -4.29. The fourth-order valence-corrected chi connectivity index (χ4v) is 7.39. The van der Waals surface area contributed by atoms with Crippen molar-refractivity contribution in [3.05, 3.63) is 101 Å². The van der Waals surface area contributed by atoms with Crippen LogP contribution >= 0.6 is 0 Å². The average Bonchev–Trinajstić information content (AvgIpc) is 3.47. The minimum atomic E-state index is -0.572. The Morgan fingerprint density at radius 1 is 0.882 bits per heavy atom. The molecule has 3 fully saturated rings. The molecule has 3 amide bonds. The van der Waals surface area contributed by atoms with Gasteiger partial charge in [0.2, 0.25) is 17.7 Å². The van der Waals surface area contributed by atoms with Crippen molar-refractivity contribution in [2.24, 2.45) is 0 Å². The molecule has 3 aromatic rings. The highest BCUT2D eigenvalue weighted by Gasteiger charge is 2.50. The monoisotopic (exact) mass is 697 g/mol. The van der Waals surface area contributed by atoms with E-state index in [1.54, 1.807) is 0 Å². The number of likely N-dealkylation sites (tertiary alicyclic amines) is 1. The van der Waals surface area contributed by atoms with E-state index in [0.717, 1.165) is 79.7 Å². The third-order valence-electron chi connectivity index (χ3n) is 10.4. The zero-order chi connectivity index (χ0) is 35.6. The minimum Gasteiger partial charge on any atom is -0.392 e. The molecule has 0 unspecified atom stereocenters. The molecule has 0 saturated carbocycles. The number of hydrogen-bond acceptors (Lipinski definition) is 8. The van der Waals surface area contributed by atoms with Gasteiger partial charge in [0.05, 0.1) is 25.5 Å². The summed E-state index contributed by atoms with van der Waals surface area (Å²) < 4.78 is 13.2. The third kappa shape index (κ3) is 9.34. The van der Waals surface area contributed by atoms with E-state index in [2.05, 4.69) is 37.9 Å². The van der Waals surface area contributed by atoms with E-state index in [1.807, 2.05) is 66.7 Å². The highest BCUT2D eigenvalue weighted by atomic mass is 16.7. The number of amides is 3. The molecule has 4 N–H and O–H groups in total. The summed E-state index contributed by atoms with van der Waals surface area (Å²) in [6.45, 7) is 5.40. The molecule has 0 radical (unpaired) electrons. The van der Waals surface area contributed by atoms with Gasteiger partial charge in [0.15, 0.2) is 6.29 Å². The SMILES string of the molecule is CC(=O)NCCCCCC(=O)NCc1ccc([C@H]2O[C@@H](CN3CCC4(CC3)C(=O)NCN4c3ccccc3)C[C@@H](c3ccc(CO)cc3)O2)cc1. The summed E-state index contributed by atoms with van der Waals surface area (Å²) in [6, 6.07) is 26.1. The van der Waals surface area contributed by atoms with Crippen LogP contribution in [0.3, 0.4) is 0 Å². The molecule has 51 heavy (non-hydrogen) atoms. The molecule has 6 rings (SSSR count). The average molecular weight is 698 g/mol. The van der Waals surface area contributed by atoms with E-state index in [0.29, 0.717) is 32.6 Å². The lowest BCUT2D eigenvalue weighted by Crippen LogP contribution is -2.57. The van der Waals surface area contributed by atoms with Crippen molar-refractivity contribution in [1.82, 2.24) is 20.9 Å². The van der Waals surface area contributed by atoms with Crippen LogP contribution in [0.4, 0.5) is 5.69 Å². The number of nitrogens with zero attached hydrogens (tertiary/aromatic N) is 2. The predicted molar refractivity (Wildman–Crippen MR) is 194 cm³/mol. The Morgan fingerprint density at radius 2 is 1.59 bits per heavy atom. The van der Waals surface area contributed by atoms with Gasteiger partial charge < -0.3 is 40.3 Å². The number of aliphatic hydroxyl groups excluding tert-OH is 1. The largest absolute Gasteiger partial charge is 0.392 e. The standard InChI is InChI=1S/C40H51N5O6/c1-29(47)41-21-7-3-6-10-37(48)42-25-30-11-17-33(18-12-30)38-50-35(24-36(51-38)32-15-13-31(27-46)14-16-32)26-44-22-19-40(20-23-44)39(49)43-28-45(40)34-8-4-2-5-9-34/h2,4-5,8-9,11-18,35-36,38,46H,3,6-7,10,19-28H2,1H3,(H,41,47)(H,42,48)(H,43,49)/t35-,36+,38+/m1/s1. The molecule has 0 aliphatic carbocycles. The summed E-state index contributed by atoms with van der Waals surface area (Å²) in [5, 5.41) is 18.5. The van der Waals surface area contributed by atoms with Crippen molar-refractivity contribution < 1.29 is 29.0 Å². The summed E-state index contributed by atoms with van der Waals surface area (Å²) in [7, 11) is 0. The number of rotatable bonds is 14. The van der Waals surface area contributed by atoms with Gasteiger partial charge >= 0.3 is 0 Å². The molecule has 3 heterocycles. The van der Waals surface area contributed by atoms with Crippen molar-refractivity contribution in [1.29, 1.82) is 0 Å². The first-order valence-corrected chi connectivity index (χ1v) is 18.3. The third-order valence-corrected chi connectivity index (χ3v) is 10.4. The zero-order valence-electron chi connectivity index (χ0n) is 29.5. The molecular formula is C40H51N5O6. The first-order chi connectivity index (χ1) is 24.8. The topological polar surface area (TPSA) is 132 Å². The van der Waals surface area contributed by atoms with Crippen molar-refractivity contribution >= 4 is 23.4 Å². The van der Waals surface area contributed by atoms with Crippen molar-refractivity contribution in [3.8, 4) is 0 Å². The minimum absolute atomic E-state index is 0.0108. The Bertz CT molecular complexity index is 1590. The Labute approximate surface area is 300 Å². The zero-order valence-corrected chi connectivity index (χ0v) is 29.5. The maximum Gasteiger partial charge on any atom is 0.247 e.